The lowest BCUT2D eigenvalue weighted by atomic mass is 10.1. The number of amides is 2. The number of rotatable bonds is 9. The van der Waals surface area contributed by atoms with Crippen molar-refractivity contribution in [2.24, 2.45) is 7.05 Å². The van der Waals surface area contributed by atoms with Crippen molar-refractivity contribution < 1.29 is 9.59 Å². The molecule has 12 nitrogen and oxygen atoms in total. The molecule has 43 heavy (non-hydrogen) atoms. The largest absolute Gasteiger partial charge is 0.383 e. The Morgan fingerprint density at radius 3 is 2.53 bits per heavy atom. The molecular formula is C31H31N9O3. The van der Waals surface area contributed by atoms with E-state index in [4.69, 9.17) is 5.73 Å². The van der Waals surface area contributed by atoms with Crippen LogP contribution in [0.4, 0.5) is 11.6 Å². The average Bonchev–Trinajstić information content (AvgIpc) is 3.34. The highest BCUT2D eigenvalue weighted by Gasteiger charge is 2.18. The molecular weight excluding hydrogens is 546 g/mol. The molecule has 4 aromatic heterocycles. The maximum Gasteiger partial charge on any atom is 0.268 e. The number of nitrogens with zero attached hydrogens (tertiary/aromatic N) is 6. The van der Waals surface area contributed by atoms with Gasteiger partial charge < -0.3 is 25.8 Å². The van der Waals surface area contributed by atoms with E-state index in [1.807, 2.05) is 42.9 Å². The standard InChI is InChI=1S/C31H31N9O3/c1-38(2)15-7-10-26(41)34-17-22-12-13-23(31(43)40(22)21-8-5-4-6-9-21)30(42)37-25-14-11-20(16-33-25)24-18-39(3)29-27(24)28(32)35-19-36-29/h4-14,16,18-19H,15,17H2,1-3H3,(H,34,41)(H2,32,35,36)(H,33,37,42). The molecule has 0 aliphatic heterocycles. The van der Waals surface area contributed by atoms with Gasteiger partial charge in [0.25, 0.3) is 11.5 Å². The summed E-state index contributed by atoms with van der Waals surface area (Å²) in [5, 5.41) is 6.23. The van der Waals surface area contributed by atoms with E-state index in [0.717, 1.165) is 11.1 Å². The van der Waals surface area contributed by atoms with Crippen LogP contribution in [0.2, 0.25) is 0 Å². The van der Waals surface area contributed by atoms with Crippen molar-refractivity contribution in [2.45, 2.75) is 6.54 Å². The van der Waals surface area contributed by atoms with Crippen molar-refractivity contribution in [3.63, 3.8) is 0 Å². The van der Waals surface area contributed by atoms with Crippen molar-refractivity contribution in [1.82, 2.24) is 34.3 Å². The number of anilines is 2. The van der Waals surface area contributed by atoms with Crippen LogP contribution in [0.3, 0.4) is 0 Å². The third kappa shape index (κ3) is 6.34. The summed E-state index contributed by atoms with van der Waals surface area (Å²) in [5.74, 6) is -0.273. The first-order chi connectivity index (χ1) is 20.7. The molecule has 0 aliphatic rings. The number of carbonyl (C=O) groups excluding carboxylic acids is 2. The molecule has 0 aliphatic carbocycles. The van der Waals surface area contributed by atoms with E-state index in [0.29, 0.717) is 34.8 Å². The molecule has 4 N–H and O–H groups in total. The quantitative estimate of drug-likeness (QED) is 0.226. The van der Waals surface area contributed by atoms with Gasteiger partial charge >= 0.3 is 0 Å². The monoisotopic (exact) mass is 577 g/mol. The topological polar surface area (TPSA) is 153 Å². The Balaban J connectivity index is 1.38. The Kier molecular flexibility index (Phi) is 8.39. The Morgan fingerprint density at radius 1 is 1.02 bits per heavy atom. The summed E-state index contributed by atoms with van der Waals surface area (Å²) in [6, 6.07) is 15.5. The van der Waals surface area contributed by atoms with Crippen molar-refractivity contribution in [3.8, 4) is 16.8 Å². The number of benzene rings is 1. The highest BCUT2D eigenvalue weighted by Crippen LogP contribution is 2.32. The van der Waals surface area contributed by atoms with Gasteiger partial charge in [0.1, 0.15) is 29.2 Å². The number of carbonyl (C=O) groups is 2. The molecule has 0 saturated carbocycles. The molecule has 2 amide bonds. The van der Waals surface area contributed by atoms with Gasteiger partial charge in [-0.3, -0.25) is 19.0 Å². The second-order valence-corrected chi connectivity index (χ2v) is 10.1. The summed E-state index contributed by atoms with van der Waals surface area (Å²) in [5.41, 5.74) is 8.86. The van der Waals surface area contributed by atoms with Crippen LogP contribution in [0, 0.1) is 0 Å². The van der Waals surface area contributed by atoms with Crippen LogP contribution in [0.5, 0.6) is 0 Å². The smallest absolute Gasteiger partial charge is 0.268 e. The second kappa shape index (κ2) is 12.5. The lowest BCUT2D eigenvalue weighted by molar-refractivity contribution is -0.116. The number of nitrogens with two attached hydrogens (primary N) is 1. The zero-order chi connectivity index (χ0) is 30.5. The first-order valence-electron chi connectivity index (χ1n) is 13.5. The number of likely N-dealkylation sites (N-methyl/N-ethyl adjacent to an activating group) is 1. The summed E-state index contributed by atoms with van der Waals surface area (Å²) < 4.78 is 3.27. The minimum absolute atomic E-state index is 0.0744. The SMILES string of the molecule is CN(C)CC=CC(=O)NCc1ccc(C(=O)Nc2ccc(-c3cn(C)c4ncnc(N)c34)cn2)c(=O)n1-c1ccccc1. The van der Waals surface area contributed by atoms with Crippen LogP contribution in [0.1, 0.15) is 16.1 Å². The third-order valence-electron chi connectivity index (χ3n) is 6.70. The van der Waals surface area contributed by atoms with Crippen molar-refractivity contribution in [1.29, 1.82) is 0 Å². The van der Waals surface area contributed by atoms with Crippen LogP contribution in [-0.2, 0) is 18.4 Å². The van der Waals surface area contributed by atoms with E-state index >= 15 is 0 Å². The van der Waals surface area contributed by atoms with Gasteiger partial charge in [-0.25, -0.2) is 15.0 Å². The van der Waals surface area contributed by atoms with Gasteiger partial charge in [-0.05, 0) is 50.5 Å². The van der Waals surface area contributed by atoms with E-state index in [1.165, 1.54) is 23.0 Å². The molecule has 0 atom stereocenters. The van der Waals surface area contributed by atoms with Gasteiger partial charge in [0.15, 0.2) is 0 Å². The number of fused-ring (bicyclic) bond motifs is 1. The van der Waals surface area contributed by atoms with Crippen LogP contribution in [0.25, 0.3) is 27.8 Å². The fourth-order valence-electron chi connectivity index (χ4n) is 4.62. The fraction of sp³-hybridized carbons (Fsp3) is 0.161. The summed E-state index contributed by atoms with van der Waals surface area (Å²) in [6.45, 7) is 0.709. The molecule has 0 spiro atoms. The molecule has 12 heteroatoms. The normalized spacial score (nSPS) is 11.3. The molecule has 1 aromatic carbocycles. The van der Waals surface area contributed by atoms with Gasteiger partial charge in [-0.15, -0.1) is 0 Å². The first kappa shape index (κ1) is 28.9. The van der Waals surface area contributed by atoms with Crippen molar-refractivity contribution >= 4 is 34.5 Å². The average molecular weight is 578 g/mol. The number of pyridine rings is 2. The third-order valence-corrected chi connectivity index (χ3v) is 6.70. The van der Waals surface area contributed by atoms with E-state index in [9.17, 15) is 14.4 Å². The highest BCUT2D eigenvalue weighted by molar-refractivity contribution is 6.04. The molecule has 4 heterocycles. The molecule has 0 bridgehead atoms. The Morgan fingerprint density at radius 2 is 1.81 bits per heavy atom. The van der Waals surface area contributed by atoms with Crippen LogP contribution in [0.15, 0.2) is 90.3 Å². The number of nitrogens with one attached hydrogen (secondary N) is 2. The van der Waals surface area contributed by atoms with Gasteiger partial charge in [-0.2, -0.15) is 0 Å². The van der Waals surface area contributed by atoms with Crippen molar-refractivity contribution in [3.05, 3.63) is 107 Å². The maximum atomic E-state index is 13.6. The Bertz CT molecular complexity index is 1880. The number of aryl methyl sites for hydroxylation is 1. The van der Waals surface area contributed by atoms with E-state index < -0.39 is 11.5 Å². The maximum absolute atomic E-state index is 13.6. The number of hydrogen-bond acceptors (Lipinski definition) is 8. The van der Waals surface area contributed by atoms with Crippen LogP contribution >= 0.6 is 0 Å². The summed E-state index contributed by atoms with van der Waals surface area (Å²) in [6.07, 6.45) is 8.12. The summed E-state index contributed by atoms with van der Waals surface area (Å²) in [7, 11) is 5.68. The lowest BCUT2D eigenvalue weighted by Gasteiger charge is -2.15. The summed E-state index contributed by atoms with van der Waals surface area (Å²) >= 11 is 0. The predicted octanol–water partition coefficient (Wildman–Crippen LogP) is 2.75. The Labute approximate surface area is 247 Å². The fourth-order valence-corrected chi connectivity index (χ4v) is 4.62. The highest BCUT2D eigenvalue weighted by atomic mass is 16.2. The van der Waals surface area contributed by atoms with Gasteiger partial charge in [0, 0.05) is 54.6 Å². The predicted molar refractivity (Wildman–Crippen MR) is 166 cm³/mol. The molecule has 5 rings (SSSR count). The minimum atomic E-state index is -0.611. The number of aromatic nitrogens is 5. The number of hydrogen-bond donors (Lipinski definition) is 3. The van der Waals surface area contributed by atoms with Crippen LogP contribution < -0.4 is 21.9 Å². The molecule has 0 radical (unpaired) electrons. The van der Waals surface area contributed by atoms with E-state index in [2.05, 4.69) is 25.6 Å². The van der Waals surface area contributed by atoms with E-state index in [-0.39, 0.29) is 23.8 Å². The number of para-hydroxylation sites is 1. The zero-order valence-corrected chi connectivity index (χ0v) is 24.0. The van der Waals surface area contributed by atoms with Crippen molar-refractivity contribution in [2.75, 3.05) is 31.7 Å². The zero-order valence-electron chi connectivity index (χ0n) is 24.0. The van der Waals surface area contributed by atoms with E-state index in [1.54, 1.807) is 54.7 Å². The van der Waals surface area contributed by atoms with Gasteiger partial charge in [0.05, 0.1) is 11.9 Å². The minimum Gasteiger partial charge on any atom is -0.383 e. The summed E-state index contributed by atoms with van der Waals surface area (Å²) in [4.78, 5) is 53.9. The number of nitrogen functional groups attached to an aromatic ring is 1. The second-order valence-electron chi connectivity index (χ2n) is 10.1. The molecule has 218 valence electrons. The van der Waals surface area contributed by atoms with Gasteiger partial charge in [-0.1, -0.05) is 24.3 Å². The molecule has 5 aromatic rings. The first-order valence-corrected chi connectivity index (χ1v) is 13.5. The molecule has 0 unspecified atom stereocenters. The lowest BCUT2D eigenvalue weighted by Crippen LogP contribution is -2.32. The van der Waals surface area contributed by atoms with Crippen LogP contribution in [-0.4, -0.2) is 61.4 Å². The Hall–Kier alpha value is -5.62. The molecule has 0 fully saturated rings. The van der Waals surface area contributed by atoms with Gasteiger partial charge in [0.2, 0.25) is 5.91 Å². The molecule has 0 saturated heterocycles.